The van der Waals surface area contributed by atoms with E-state index in [9.17, 15) is 13.2 Å². The third-order valence-corrected chi connectivity index (χ3v) is 1.80. The van der Waals surface area contributed by atoms with E-state index in [0.717, 1.165) is 18.2 Å². The molecule has 60 valence electrons. The number of anilines is 1. The van der Waals surface area contributed by atoms with Gasteiger partial charge >= 0.3 is 0 Å². The fourth-order valence-corrected chi connectivity index (χ4v) is 1.03. The molecule has 1 aromatic rings. The Labute approximate surface area is 65.3 Å². The third-order valence-electron chi connectivity index (χ3n) is 1.16. The van der Waals surface area contributed by atoms with Gasteiger partial charge in [-0.3, -0.25) is 4.21 Å². The van der Waals surface area contributed by atoms with Gasteiger partial charge in [0.2, 0.25) is 0 Å². The zero-order valence-electron chi connectivity index (χ0n) is 5.41. The third kappa shape index (κ3) is 1.75. The zero-order chi connectivity index (χ0) is 8.43. The van der Waals surface area contributed by atoms with Crippen molar-refractivity contribution in [2.45, 2.75) is 4.90 Å². The van der Waals surface area contributed by atoms with E-state index >= 15 is 0 Å². The molecule has 0 aliphatic carbocycles. The number of hydrogen-bond acceptors (Lipinski definition) is 3. The van der Waals surface area contributed by atoms with E-state index in [4.69, 9.17) is 5.73 Å². The summed E-state index contributed by atoms with van der Waals surface area (Å²) in [5, 5.41) is 0. The molecule has 0 heterocycles. The number of halogens is 1. The number of benzene rings is 1. The normalized spacial score (nSPS) is 12.9. The van der Waals surface area contributed by atoms with Crippen LogP contribution >= 0.6 is 0 Å². The second-order valence-electron chi connectivity index (χ2n) is 1.92. The molecule has 0 saturated heterocycles. The van der Waals surface area contributed by atoms with Gasteiger partial charge in [0.15, 0.2) is 0 Å². The molecule has 0 radical (unpaired) electrons. The minimum Gasteiger partial charge on any atom is -0.768 e. The minimum absolute atomic E-state index is 0.0103. The van der Waals surface area contributed by atoms with Gasteiger partial charge in [0.05, 0.1) is 5.69 Å². The molecule has 1 atom stereocenters. The molecule has 0 aliphatic rings. The highest BCUT2D eigenvalue weighted by Crippen LogP contribution is 2.13. The van der Waals surface area contributed by atoms with Crippen LogP contribution in [0.1, 0.15) is 0 Å². The Hall–Kier alpha value is -0.940. The van der Waals surface area contributed by atoms with E-state index < -0.39 is 16.9 Å². The van der Waals surface area contributed by atoms with Crippen LogP contribution < -0.4 is 5.73 Å². The van der Waals surface area contributed by atoms with Crippen LogP contribution in [0.25, 0.3) is 0 Å². The summed E-state index contributed by atoms with van der Waals surface area (Å²) in [4.78, 5) is -0.0103. The van der Waals surface area contributed by atoms with E-state index in [2.05, 4.69) is 0 Å². The second kappa shape index (κ2) is 2.98. The predicted molar refractivity (Wildman–Crippen MR) is 38.0 cm³/mol. The highest BCUT2D eigenvalue weighted by atomic mass is 32.2. The van der Waals surface area contributed by atoms with Crippen molar-refractivity contribution < 1.29 is 13.2 Å². The van der Waals surface area contributed by atoms with Crippen LogP contribution in [0.2, 0.25) is 0 Å². The van der Waals surface area contributed by atoms with Crippen molar-refractivity contribution in [3.8, 4) is 0 Å². The van der Waals surface area contributed by atoms with Gasteiger partial charge in [-0.05, 0) is 29.3 Å². The highest BCUT2D eigenvalue weighted by Gasteiger charge is 1.98. The van der Waals surface area contributed by atoms with Crippen LogP contribution in [0.4, 0.5) is 10.1 Å². The van der Waals surface area contributed by atoms with Gasteiger partial charge < -0.3 is 10.3 Å². The Morgan fingerprint density at radius 2 is 2.18 bits per heavy atom. The lowest BCUT2D eigenvalue weighted by Gasteiger charge is -2.05. The molecule has 5 heteroatoms. The molecule has 3 nitrogen and oxygen atoms in total. The summed E-state index contributed by atoms with van der Waals surface area (Å²) in [6.45, 7) is 0. The lowest BCUT2D eigenvalue weighted by atomic mass is 10.3. The van der Waals surface area contributed by atoms with E-state index in [1.807, 2.05) is 0 Å². The maximum atomic E-state index is 12.4. The Balaban J connectivity index is 3.15. The fourth-order valence-electron chi connectivity index (χ4n) is 0.626. The van der Waals surface area contributed by atoms with Crippen molar-refractivity contribution in [2.75, 3.05) is 5.73 Å². The topological polar surface area (TPSA) is 66.2 Å². The average Bonchev–Trinajstić information content (AvgIpc) is 1.94. The maximum Gasteiger partial charge on any atom is 0.146 e. The second-order valence-corrected chi connectivity index (χ2v) is 2.86. The number of nitrogens with two attached hydrogens (primary N) is 1. The molecule has 0 fully saturated rings. The molecule has 11 heavy (non-hydrogen) atoms. The van der Waals surface area contributed by atoms with Crippen LogP contribution in [-0.4, -0.2) is 8.76 Å². The average molecular weight is 174 g/mol. The van der Waals surface area contributed by atoms with Crippen molar-refractivity contribution in [2.24, 2.45) is 0 Å². The van der Waals surface area contributed by atoms with Gasteiger partial charge in [0.1, 0.15) is 5.82 Å². The van der Waals surface area contributed by atoms with Crippen LogP contribution in [0.5, 0.6) is 0 Å². The van der Waals surface area contributed by atoms with E-state index in [0.29, 0.717) is 0 Å². The van der Waals surface area contributed by atoms with E-state index in [1.165, 1.54) is 0 Å². The molecular weight excluding hydrogens is 169 g/mol. The first-order valence-corrected chi connectivity index (χ1v) is 3.83. The van der Waals surface area contributed by atoms with Crippen LogP contribution in [-0.2, 0) is 11.1 Å². The van der Waals surface area contributed by atoms with Gasteiger partial charge in [-0.25, -0.2) is 4.39 Å². The van der Waals surface area contributed by atoms with Crippen LogP contribution in [0.15, 0.2) is 23.1 Å². The Kier molecular flexibility index (Phi) is 2.21. The lowest BCUT2D eigenvalue weighted by molar-refractivity contribution is 0.537. The van der Waals surface area contributed by atoms with Crippen molar-refractivity contribution in [3.63, 3.8) is 0 Å². The summed E-state index contributed by atoms with van der Waals surface area (Å²) in [6.07, 6.45) is 0. The molecule has 2 N–H and O–H groups in total. The van der Waals surface area contributed by atoms with Crippen molar-refractivity contribution in [1.29, 1.82) is 0 Å². The van der Waals surface area contributed by atoms with Gasteiger partial charge in [-0.1, -0.05) is 0 Å². The molecule has 1 rings (SSSR count). The SMILES string of the molecule is Nc1cc(S(=O)[O-])ccc1F. The standard InChI is InChI=1S/C6H6FNO2S/c7-5-2-1-4(11(9)10)3-6(5)8/h1-3H,8H2,(H,9,10)/p-1. The Bertz CT molecular complexity index is 303. The van der Waals surface area contributed by atoms with Crippen molar-refractivity contribution in [1.82, 2.24) is 0 Å². The lowest BCUT2D eigenvalue weighted by Crippen LogP contribution is -1.94. The van der Waals surface area contributed by atoms with Crippen molar-refractivity contribution >= 4 is 16.8 Å². The number of hydrogen-bond donors (Lipinski definition) is 1. The Morgan fingerprint density at radius 1 is 1.55 bits per heavy atom. The molecule has 0 amide bonds. The van der Waals surface area contributed by atoms with Crippen molar-refractivity contribution in [3.05, 3.63) is 24.0 Å². The van der Waals surface area contributed by atoms with E-state index in [-0.39, 0.29) is 10.6 Å². The predicted octanol–water partition coefficient (Wildman–Crippen LogP) is 0.646. The van der Waals surface area contributed by atoms with Gasteiger partial charge in [0, 0.05) is 4.90 Å². The summed E-state index contributed by atoms with van der Waals surface area (Å²) in [7, 11) is 0. The fraction of sp³-hybridized carbons (Fsp3) is 0. The minimum atomic E-state index is -2.34. The molecule has 0 spiro atoms. The highest BCUT2D eigenvalue weighted by molar-refractivity contribution is 7.79. The quantitative estimate of drug-likeness (QED) is 0.502. The molecule has 0 bridgehead atoms. The first-order valence-electron chi connectivity index (χ1n) is 2.75. The summed E-state index contributed by atoms with van der Waals surface area (Å²) < 4.78 is 33.0. The monoisotopic (exact) mass is 174 g/mol. The largest absolute Gasteiger partial charge is 0.768 e. The molecule has 0 saturated carbocycles. The summed E-state index contributed by atoms with van der Waals surface area (Å²) in [6, 6.07) is 3.23. The molecule has 1 unspecified atom stereocenters. The first kappa shape index (κ1) is 8.16. The zero-order valence-corrected chi connectivity index (χ0v) is 6.23. The summed E-state index contributed by atoms with van der Waals surface area (Å²) in [5.41, 5.74) is 4.95. The summed E-state index contributed by atoms with van der Waals surface area (Å²) >= 11 is -2.34. The number of rotatable bonds is 1. The maximum absolute atomic E-state index is 12.4. The molecular formula is C6H5FNO2S-. The molecule has 0 aliphatic heterocycles. The Morgan fingerprint density at radius 3 is 2.64 bits per heavy atom. The van der Waals surface area contributed by atoms with Gasteiger partial charge in [-0.15, -0.1) is 0 Å². The van der Waals surface area contributed by atoms with E-state index in [1.54, 1.807) is 0 Å². The smallest absolute Gasteiger partial charge is 0.146 e. The number of nitrogen functional groups attached to an aromatic ring is 1. The van der Waals surface area contributed by atoms with Crippen LogP contribution in [0.3, 0.4) is 0 Å². The van der Waals surface area contributed by atoms with Gasteiger partial charge in [-0.2, -0.15) is 0 Å². The summed E-state index contributed by atoms with van der Waals surface area (Å²) in [5.74, 6) is -0.612. The van der Waals surface area contributed by atoms with Gasteiger partial charge in [0.25, 0.3) is 0 Å². The van der Waals surface area contributed by atoms with Crippen LogP contribution in [0, 0.1) is 5.82 Å². The molecule has 0 aromatic heterocycles. The molecule has 1 aromatic carbocycles. The first-order chi connectivity index (χ1) is 5.11.